The predicted molar refractivity (Wildman–Crippen MR) is 69.3 cm³/mol. The Labute approximate surface area is 97.3 Å². The highest BCUT2D eigenvalue weighted by molar-refractivity contribution is 7.10. The lowest BCUT2D eigenvalue weighted by atomic mass is 10.3. The van der Waals surface area contributed by atoms with E-state index in [4.69, 9.17) is 0 Å². The van der Waals surface area contributed by atoms with E-state index in [2.05, 4.69) is 27.5 Å². The summed E-state index contributed by atoms with van der Waals surface area (Å²) in [5.41, 5.74) is 2.08. The fraction of sp³-hybridized carbons (Fsp3) is 0. The average molecular weight is 226 g/mol. The van der Waals surface area contributed by atoms with Crippen LogP contribution in [-0.4, -0.2) is 9.97 Å². The molecule has 0 aliphatic rings. The minimum atomic E-state index is 0.898. The van der Waals surface area contributed by atoms with Crippen molar-refractivity contribution in [3.8, 4) is 0 Å². The Hall–Kier alpha value is -1.87. The summed E-state index contributed by atoms with van der Waals surface area (Å²) in [5, 5.41) is 2.07. The molecule has 0 bridgehead atoms. The maximum atomic E-state index is 4.47. The summed E-state index contributed by atoms with van der Waals surface area (Å²) in [4.78, 5) is 8.98. The number of aromatic nitrogens is 2. The van der Waals surface area contributed by atoms with Crippen molar-refractivity contribution in [3.63, 3.8) is 0 Å². The maximum absolute atomic E-state index is 4.47. The molecular formula is C13H10N2S. The fourth-order valence-electron chi connectivity index (χ4n) is 1.60. The molecule has 1 aromatic carbocycles. The molecule has 16 heavy (non-hydrogen) atoms. The van der Waals surface area contributed by atoms with Crippen LogP contribution < -0.4 is 0 Å². The molecule has 1 N–H and O–H groups in total. The molecule has 0 saturated carbocycles. The van der Waals surface area contributed by atoms with E-state index in [1.165, 1.54) is 4.88 Å². The molecule has 0 fully saturated rings. The van der Waals surface area contributed by atoms with Gasteiger partial charge >= 0.3 is 0 Å². The molecular weight excluding hydrogens is 216 g/mol. The Morgan fingerprint density at radius 1 is 1.06 bits per heavy atom. The van der Waals surface area contributed by atoms with Gasteiger partial charge in [0.05, 0.1) is 11.0 Å². The van der Waals surface area contributed by atoms with Gasteiger partial charge in [-0.05, 0) is 35.7 Å². The first-order chi connectivity index (χ1) is 7.92. The van der Waals surface area contributed by atoms with Crippen LogP contribution in [0.2, 0.25) is 0 Å². The van der Waals surface area contributed by atoms with Crippen molar-refractivity contribution in [1.29, 1.82) is 0 Å². The van der Waals surface area contributed by atoms with Gasteiger partial charge in [-0.3, -0.25) is 0 Å². The van der Waals surface area contributed by atoms with Gasteiger partial charge in [0, 0.05) is 4.88 Å². The van der Waals surface area contributed by atoms with Crippen LogP contribution in [0.25, 0.3) is 23.2 Å². The second-order valence-electron chi connectivity index (χ2n) is 3.49. The molecule has 0 amide bonds. The first-order valence-corrected chi connectivity index (χ1v) is 5.96. The highest BCUT2D eigenvalue weighted by Gasteiger charge is 1.97. The number of fused-ring (bicyclic) bond motifs is 1. The molecule has 3 aromatic rings. The van der Waals surface area contributed by atoms with Crippen LogP contribution in [0.1, 0.15) is 10.7 Å². The minimum Gasteiger partial charge on any atom is -0.338 e. The Kier molecular flexibility index (Phi) is 2.31. The third-order valence-electron chi connectivity index (χ3n) is 2.36. The summed E-state index contributed by atoms with van der Waals surface area (Å²) in [5.74, 6) is 0.898. The molecule has 0 aliphatic carbocycles. The zero-order valence-corrected chi connectivity index (χ0v) is 9.37. The van der Waals surface area contributed by atoms with Crippen LogP contribution in [0.5, 0.6) is 0 Å². The lowest BCUT2D eigenvalue weighted by Gasteiger charge is -1.83. The molecule has 2 nitrogen and oxygen atoms in total. The molecule has 0 unspecified atom stereocenters. The van der Waals surface area contributed by atoms with E-state index < -0.39 is 0 Å². The van der Waals surface area contributed by atoms with E-state index in [-0.39, 0.29) is 0 Å². The first kappa shape index (κ1) is 9.36. The number of benzene rings is 1. The number of hydrogen-bond acceptors (Lipinski definition) is 2. The largest absolute Gasteiger partial charge is 0.338 e. The van der Waals surface area contributed by atoms with E-state index in [1.807, 2.05) is 36.4 Å². The van der Waals surface area contributed by atoms with Gasteiger partial charge in [-0.2, -0.15) is 0 Å². The summed E-state index contributed by atoms with van der Waals surface area (Å²) in [6.45, 7) is 0. The van der Waals surface area contributed by atoms with Crippen LogP contribution >= 0.6 is 11.3 Å². The lowest BCUT2D eigenvalue weighted by molar-refractivity contribution is 1.30. The van der Waals surface area contributed by atoms with Gasteiger partial charge in [0.15, 0.2) is 0 Å². The predicted octanol–water partition coefficient (Wildman–Crippen LogP) is 3.79. The molecule has 0 radical (unpaired) electrons. The number of aromatic amines is 1. The highest BCUT2D eigenvalue weighted by Crippen LogP contribution is 2.14. The van der Waals surface area contributed by atoms with Crippen molar-refractivity contribution in [1.82, 2.24) is 9.97 Å². The number of H-pyrrole nitrogens is 1. The molecule has 0 aliphatic heterocycles. The molecule has 0 saturated heterocycles. The van der Waals surface area contributed by atoms with Gasteiger partial charge in [0.1, 0.15) is 5.82 Å². The van der Waals surface area contributed by atoms with Gasteiger partial charge in [-0.15, -0.1) is 11.3 Å². The fourth-order valence-corrected chi connectivity index (χ4v) is 2.22. The Balaban J connectivity index is 1.95. The number of nitrogens with one attached hydrogen (secondary N) is 1. The maximum Gasteiger partial charge on any atom is 0.131 e. The molecule has 0 spiro atoms. The monoisotopic (exact) mass is 226 g/mol. The number of para-hydroxylation sites is 2. The van der Waals surface area contributed by atoms with Crippen molar-refractivity contribution in [2.24, 2.45) is 0 Å². The van der Waals surface area contributed by atoms with Crippen LogP contribution in [0.15, 0.2) is 41.8 Å². The van der Waals surface area contributed by atoms with E-state index in [9.17, 15) is 0 Å². The number of thiophene rings is 1. The summed E-state index contributed by atoms with van der Waals surface area (Å²) < 4.78 is 0. The highest BCUT2D eigenvalue weighted by atomic mass is 32.1. The first-order valence-electron chi connectivity index (χ1n) is 5.08. The van der Waals surface area contributed by atoms with E-state index in [0.717, 1.165) is 16.9 Å². The summed E-state index contributed by atoms with van der Waals surface area (Å²) in [7, 11) is 0. The molecule has 3 heteroatoms. The second-order valence-corrected chi connectivity index (χ2v) is 4.47. The van der Waals surface area contributed by atoms with Gasteiger partial charge in [-0.1, -0.05) is 18.2 Å². The van der Waals surface area contributed by atoms with Crippen molar-refractivity contribution < 1.29 is 0 Å². The number of nitrogens with zero attached hydrogens (tertiary/aromatic N) is 1. The zero-order chi connectivity index (χ0) is 10.8. The quantitative estimate of drug-likeness (QED) is 0.707. The SMILES string of the molecule is C(=Cc1cccs1)c1nc2ccccc2[nH]1. The Morgan fingerprint density at radius 3 is 2.81 bits per heavy atom. The topological polar surface area (TPSA) is 28.7 Å². The van der Waals surface area contributed by atoms with Crippen molar-refractivity contribution >= 4 is 34.5 Å². The van der Waals surface area contributed by atoms with Crippen LogP contribution in [0.3, 0.4) is 0 Å². The molecule has 2 heterocycles. The lowest BCUT2D eigenvalue weighted by Crippen LogP contribution is -1.71. The average Bonchev–Trinajstić information content (AvgIpc) is 2.95. The molecule has 3 rings (SSSR count). The summed E-state index contributed by atoms with van der Waals surface area (Å²) >= 11 is 1.72. The summed E-state index contributed by atoms with van der Waals surface area (Å²) in [6.07, 6.45) is 4.08. The van der Waals surface area contributed by atoms with E-state index >= 15 is 0 Å². The van der Waals surface area contributed by atoms with Crippen molar-refractivity contribution in [3.05, 3.63) is 52.5 Å². The number of imidazole rings is 1. The van der Waals surface area contributed by atoms with Gasteiger partial charge in [-0.25, -0.2) is 4.98 Å². The number of rotatable bonds is 2. The van der Waals surface area contributed by atoms with Gasteiger partial charge < -0.3 is 4.98 Å². The van der Waals surface area contributed by atoms with Gasteiger partial charge in [0.2, 0.25) is 0 Å². The van der Waals surface area contributed by atoms with E-state index in [0.29, 0.717) is 0 Å². The third kappa shape index (κ3) is 1.77. The third-order valence-corrected chi connectivity index (χ3v) is 3.19. The number of hydrogen-bond donors (Lipinski definition) is 1. The van der Waals surface area contributed by atoms with Crippen LogP contribution in [0, 0.1) is 0 Å². The molecule has 2 aromatic heterocycles. The summed E-state index contributed by atoms with van der Waals surface area (Å²) in [6, 6.07) is 12.2. The molecule has 0 atom stereocenters. The Morgan fingerprint density at radius 2 is 2.00 bits per heavy atom. The molecule has 78 valence electrons. The normalized spacial score (nSPS) is 11.5. The smallest absolute Gasteiger partial charge is 0.131 e. The second kappa shape index (κ2) is 3.94. The van der Waals surface area contributed by atoms with Gasteiger partial charge in [0.25, 0.3) is 0 Å². The van der Waals surface area contributed by atoms with Crippen molar-refractivity contribution in [2.75, 3.05) is 0 Å². The Bertz CT molecular complexity index is 587. The minimum absolute atomic E-state index is 0.898. The van der Waals surface area contributed by atoms with Crippen molar-refractivity contribution in [2.45, 2.75) is 0 Å². The standard InChI is InChI=1S/C13H10N2S/c1-2-6-12-11(5-1)14-13(15-12)8-7-10-4-3-9-16-10/h1-9H,(H,14,15). The van der Waals surface area contributed by atoms with Crippen LogP contribution in [-0.2, 0) is 0 Å². The zero-order valence-electron chi connectivity index (χ0n) is 8.55. The van der Waals surface area contributed by atoms with Crippen LogP contribution in [0.4, 0.5) is 0 Å². The van der Waals surface area contributed by atoms with E-state index in [1.54, 1.807) is 11.3 Å².